The molecule has 4 heterocycles. The van der Waals surface area contributed by atoms with Crippen molar-refractivity contribution in [3.63, 3.8) is 0 Å². The van der Waals surface area contributed by atoms with Crippen molar-refractivity contribution in [1.29, 1.82) is 0 Å². The van der Waals surface area contributed by atoms with E-state index < -0.39 is 0 Å². The van der Waals surface area contributed by atoms with E-state index in [2.05, 4.69) is 282 Å². The average molecular weight is 1070 g/mol. The number of fused-ring (bicyclic) bond motifs is 28. The lowest BCUT2D eigenvalue weighted by molar-refractivity contribution is 1.15. The van der Waals surface area contributed by atoms with Gasteiger partial charge in [0, 0.05) is 43.8 Å². The molecular formula is C82H45BN2. The molecule has 0 aliphatic carbocycles. The van der Waals surface area contributed by atoms with E-state index in [4.69, 9.17) is 0 Å². The van der Waals surface area contributed by atoms with E-state index in [1.165, 1.54) is 201 Å². The third-order valence-corrected chi connectivity index (χ3v) is 20.1. The summed E-state index contributed by atoms with van der Waals surface area (Å²) in [6, 6.07) is 105. The third kappa shape index (κ3) is 5.57. The summed E-state index contributed by atoms with van der Waals surface area (Å²) >= 11 is 0. The first-order valence-corrected chi connectivity index (χ1v) is 29.9. The molecule has 85 heavy (non-hydrogen) atoms. The Morgan fingerprint density at radius 1 is 0.224 bits per heavy atom. The lowest BCUT2D eigenvalue weighted by atomic mass is 9.33. The molecule has 17 aromatic carbocycles. The topological polar surface area (TPSA) is 9.86 Å². The highest BCUT2D eigenvalue weighted by Gasteiger charge is 2.43. The Morgan fingerprint density at radius 3 is 1.21 bits per heavy atom. The molecule has 0 radical (unpaired) electrons. The molecular weight excluding hydrogens is 1020 g/mol. The van der Waals surface area contributed by atoms with Crippen LogP contribution in [0.4, 0.5) is 0 Å². The fourth-order valence-corrected chi connectivity index (χ4v) is 16.9. The minimum atomic E-state index is -0.149. The maximum absolute atomic E-state index is 2.74. The van der Waals surface area contributed by atoms with E-state index in [0.29, 0.717) is 0 Å². The van der Waals surface area contributed by atoms with Gasteiger partial charge in [-0.15, -0.1) is 0 Å². The number of aromatic nitrogens is 2. The average Bonchev–Trinajstić information content (AvgIpc) is 1.63. The van der Waals surface area contributed by atoms with Gasteiger partial charge in [0.1, 0.15) is 0 Å². The molecule has 19 aromatic rings. The first-order chi connectivity index (χ1) is 42.2. The maximum Gasteiger partial charge on any atom is 0.253 e. The van der Waals surface area contributed by atoms with Crippen molar-refractivity contribution in [3.8, 4) is 33.6 Å². The van der Waals surface area contributed by atoms with Gasteiger partial charge in [0.15, 0.2) is 0 Å². The van der Waals surface area contributed by atoms with Gasteiger partial charge in [-0.25, -0.2) is 0 Å². The van der Waals surface area contributed by atoms with Gasteiger partial charge in [-0.3, -0.25) is 0 Å². The van der Waals surface area contributed by atoms with Crippen molar-refractivity contribution in [1.82, 2.24) is 9.13 Å². The second-order valence-corrected chi connectivity index (χ2v) is 24.1. The molecule has 0 spiro atoms. The first-order valence-electron chi connectivity index (χ1n) is 29.9. The van der Waals surface area contributed by atoms with Crippen molar-refractivity contribution in [3.05, 3.63) is 273 Å². The van der Waals surface area contributed by atoms with Gasteiger partial charge in [0.25, 0.3) is 6.71 Å². The van der Waals surface area contributed by atoms with Crippen LogP contribution in [0.3, 0.4) is 0 Å². The van der Waals surface area contributed by atoms with Crippen LogP contribution in [0.1, 0.15) is 0 Å². The Balaban J connectivity index is 1.00. The monoisotopic (exact) mass is 1070 g/mol. The summed E-state index contributed by atoms with van der Waals surface area (Å²) in [7, 11) is 0. The summed E-state index contributed by atoms with van der Waals surface area (Å²) < 4.78 is 5.40. The van der Waals surface area contributed by atoms with Crippen molar-refractivity contribution in [2.24, 2.45) is 0 Å². The smallest absolute Gasteiger partial charge is 0.253 e. The fraction of sp³-hybridized carbons (Fsp3) is 0. The zero-order valence-electron chi connectivity index (χ0n) is 46.0. The lowest BCUT2D eigenvalue weighted by Gasteiger charge is -2.35. The van der Waals surface area contributed by atoms with Crippen LogP contribution in [0.25, 0.3) is 185 Å². The Morgan fingerprint density at radius 2 is 0.647 bits per heavy atom. The zero-order valence-corrected chi connectivity index (χ0v) is 46.0. The molecule has 21 rings (SSSR count). The molecule has 0 unspecified atom stereocenters. The molecule has 2 aliphatic rings. The largest absolute Gasteiger partial charge is 0.310 e. The Bertz CT molecular complexity index is 6210. The number of hydrogen-bond acceptors (Lipinski definition) is 0. The summed E-state index contributed by atoms with van der Waals surface area (Å²) in [5.74, 6) is 0. The van der Waals surface area contributed by atoms with Crippen LogP contribution < -0.4 is 16.4 Å². The molecule has 0 bridgehead atoms. The molecule has 2 nitrogen and oxygen atoms in total. The summed E-state index contributed by atoms with van der Waals surface area (Å²) in [6.45, 7) is -0.149. The van der Waals surface area contributed by atoms with Crippen molar-refractivity contribution in [2.75, 3.05) is 0 Å². The highest BCUT2D eigenvalue weighted by Crippen LogP contribution is 2.50. The van der Waals surface area contributed by atoms with Crippen LogP contribution in [-0.4, -0.2) is 15.8 Å². The first kappa shape index (κ1) is 44.6. The zero-order chi connectivity index (χ0) is 54.9. The minimum absolute atomic E-state index is 0.149. The highest BCUT2D eigenvalue weighted by molar-refractivity contribution is 7.02. The Labute approximate surface area is 487 Å². The van der Waals surface area contributed by atoms with Crippen LogP contribution in [0.15, 0.2) is 273 Å². The van der Waals surface area contributed by atoms with Crippen LogP contribution in [0.2, 0.25) is 0 Å². The second-order valence-electron chi connectivity index (χ2n) is 24.1. The minimum Gasteiger partial charge on any atom is -0.310 e. The highest BCUT2D eigenvalue weighted by atomic mass is 15.0. The molecule has 386 valence electrons. The second kappa shape index (κ2) is 16.0. The normalized spacial score (nSPS) is 12.9. The lowest BCUT2D eigenvalue weighted by Crippen LogP contribution is -2.59. The summed E-state index contributed by atoms with van der Waals surface area (Å²) in [5, 5.41) is 30.6. The van der Waals surface area contributed by atoms with Crippen LogP contribution >= 0.6 is 0 Å². The number of hydrogen-bond donors (Lipinski definition) is 0. The summed E-state index contributed by atoms with van der Waals surface area (Å²) in [5.41, 5.74) is 16.6. The third-order valence-electron chi connectivity index (χ3n) is 20.1. The quantitative estimate of drug-likeness (QED) is 0.0928. The number of rotatable bonds is 2. The summed E-state index contributed by atoms with van der Waals surface area (Å²) in [4.78, 5) is 0. The van der Waals surface area contributed by atoms with E-state index in [9.17, 15) is 0 Å². The molecule has 0 fully saturated rings. The summed E-state index contributed by atoms with van der Waals surface area (Å²) in [6.07, 6.45) is 0. The SMILES string of the molecule is c1cc2c3c(c1)-n1c4c(c5c6ccccc6c6ccccc6c5cc4c4ccc5c6ccccc6c6ccccc6c5c41)B3c1cc(-c3c4ccccc4cc4ccccc34)cc3c4cc(-c5c6ccccc6cc6ccccc56)ccc4n-2c13. The fourth-order valence-electron chi connectivity index (χ4n) is 16.9. The molecule has 0 N–H and O–H groups in total. The maximum atomic E-state index is 2.74. The molecule has 0 amide bonds. The standard InChI is InChI=1S/C82H45BN2/c1-5-22-52-46(18-1)40-47-19-2-6-23-53(47)74(52)50-36-39-71-66(42-50)68-43-51(75-54-24-7-3-20-48(54)41-49-21-4-8-25-55(49)75)44-70-80(68)84(71)72-34-17-35-73-78(72)83(70)79-76-62-32-15-13-28-58(62)57-27-10-12-31-61(57)67(76)45-69-65-38-37-64-60-30-11-9-26-56(60)59-29-14-16-33-63(59)77(64)81(65)85(73)82(69)79/h1-45H. The van der Waals surface area contributed by atoms with Crippen LogP contribution in [0.5, 0.6) is 0 Å². The van der Waals surface area contributed by atoms with E-state index in [1.54, 1.807) is 0 Å². The van der Waals surface area contributed by atoms with Crippen LogP contribution in [0, 0.1) is 0 Å². The predicted octanol–water partition coefficient (Wildman–Crippen LogP) is 19.9. The van der Waals surface area contributed by atoms with Gasteiger partial charge in [-0.2, -0.15) is 0 Å². The Kier molecular flexibility index (Phi) is 8.38. The van der Waals surface area contributed by atoms with Crippen molar-refractivity contribution < 1.29 is 0 Å². The number of benzene rings is 17. The van der Waals surface area contributed by atoms with E-state index >= 15 is 0 Å². The number of nitrogens with zero attached hydrogens (tertiary/aromatic N) is 2. The van der Waals surface area contributed by atoms with E-state index in [-0.39, 0.29) is 6.71 Å². The van der Waals surface area contributed by atoms with Gasteiger partial charge in [0.2, 0.25) is 0 Å². The van der Waals surface area contributed by atoms with Gasteiger partial charge in [-0.1, -0.05) is 224 Å². The molecule has 3 heteroatoms. The van der Waals surface area contributed by atoms with E-state index in [0.717, 1.165) is 0 Å². The molecule has 0 saturated carbocycles. The van der Waals surface area contributed by atoms with Crippen LogP contribution in [-0.2, 0) is 0 Å². The Hall–Kier alpha value is -11.0. The van der Waals surface area contributed by atoms with Crippen molar-refractivity contribution >= 4 is 174 Å². The van der Waals surface area contributed by atoms with Gasteiger partial charge >= 0.3 is 0 Å². The van der Waals surface area contributed by atoms with Crippen molar-refractivity contribution in [2.45, 2.75) is 0 Å². The molecule has 2 aromatic heterocycles. The van der Waals surface area contributed by atoms with Gasteiger partial charge in [-0.05, 0) is 190 Å². The van der Waals surface area contributed by atoms with E-state index in [1.807, 2.05) is 0 Å². The van der Waals surface area contributed by atoms with Gasteiger partial charge in [0.05, 0.1) is 16.6 Å². The van der Waals surface area contributed by atoms with Gasteiger partial charge < -0.3 is 9.13 Å². The molecule has 0 atom stereocenters. The molecule has 0 saturated heterocycles. The molecule has 2 aliphatic heterocycles. The predicted molar refractivity (Wildman–Crippen MR) is 366 cm³/mol.